The smallest absolute Gasteiger partial charge is 0.258 e. The number of fused-ring (bicyclic) bond motifs is 1. The summed E-state index contributed by atoms with van der Waals surface area (Å²) < 4.78 is 16.7. The molecule has 5 nitrogen and oxygen atoms in total. The molecule has 0 bridgehead atoms. The Morgan fingerprint density at radius 1 is 1.08 bits per heavy atom. The summed E-state index contributed by atoms with van der Waals surface area (Å²) in [6, 6.07) is 13.3. The number of hydrogen-bond donors (Lipinski definition) is 1. The Bertz CT molecular complexity index is 697. The molecule has 0 saturated heterocycles. The van der Waals surface area contributed by atoms with Crippen LogP contribution in [0.1, 0.15) is 17.5 Å². The molecule has 0 saturated carbocycles. The summed E-state index contributed by atoms with van der Waals surface area (Å²) in [5.74, 6) is 2.01. The van der Waals surface area contributed by atoms with Crippen molar-refractivity contribution in [3.63, 3.8) is 0 Å². The molecule has 1 N–H and O–H groups in total. The van der Waals surface area contributed by atoms with Crippen LogP contribution in [0.15, 0.2) is 42.5 Å². The monoisotopic (exact) mass is 327 g/mol. The number of aryl methyl sites for hydroxylation is 1. The molecule has 0 fully saturated rings. The van der Waals surface area contributed by atoms with Crippen molar-refractivity contribution >= 4 is 5.91 Å². The standard InChI is InChI=1S/C19H21NO4/c1-14-3-6-16(7-4-14)24-13-19(21)20-12-15-5-8-17-18(11-15)23-10-2-9-22-17/h3-8,11H,2,9-10,12-13H2,1H3,(H,20,21). The first kappa shape index (κ1) is 16.2. The predicted molar refractivity (Wildman–Crippen MR) is 90.6 cm³/mol. The number of benzene rings is 2. The lowest BCUT2D eigenvalue weighted by atomic mass is 10.2. The lowest BCUT2D eigenvalue weighted by Gasteiger charge is -2.11. The van der Waals surface area contributed by atoms with E-state index in [0.29, 0.717) is 25.5 Å². The number of nitrogens with one attached hydrogen (secondary N) is 1. The van der Waals surface area contributed by atoms with Crippen LogP contribution in [-0.4, -0.2) is 25.7 Å². The van der Waals surface area contributed by atoms with Crippen LogP contribution in [0.5, 0.6) is 17.2 Å². The van der Waals surface area contributed by atoms with E-state index in [4.69, 9.17) is 14.2 Å². The molecule has 24 heavy (non-hydrogen) atoms. The van der Waals surface area contributed by atoms with E-state index in [0.717, 1.165) is 29.0 Å². The van der Waals surface area contributed by atoms with Crippen LogP contribution in [0, 0.1) is 6.92 Å². The zero-order valence-corrected chi connectivity index (χ0v) is 13.7. The molecule has 0 radical (unpaired) electrons. The highest BCUT2D eigenvalue weighted by atomic mass is 16.5. The highest BCUT2D eigenvalue weighted by molar-refractivity contribution is 5.77. The Morgan fingerprint density at radius 3 is 2.62 bits per heavy atom. The minimum atomic E-state index is -0.164. The summed E-state index contributed by atoms with van der Waals surface area (Å²) >= 11 is 0. The van der Waals surface area contributed by atoms with Crippen molar-refractivity contribution in [2.24, 2.45) is 0 Å². The van der Waals surface area contributed by atoms with Crippen molar-refractivity contribution in [1.82, 2.24) is 5.32 Å². The zero-order valence-electron chi connectivity index (χ0n) is 13.7. The average Bonchev–Trinajstić information content (AvgIpc) is 2.84. The number of hydrogen-bond acceptors (Lipinski definition) is 4. The third-order valence-corrected chi connectivity index (χ3v) is 3.69. The third-order valence-electron chi connectivity index (χ3n) is 3.69. The molecule has 2 aromatic rings. The van der Waals surface area contributed by atoms with Gasteiger partial charge in [0.15, 0.2) is 18.1 Å². The second-order valence-electron chi connectivity index (χ2n) is 5.71. The van der Waals surface area contributed by atoms with Gasteiger partial charge in [-0.05, 0) is 36.8 Å². The third kappa shape index (κ3) is 4.41. The van der Waals surface area contributed by atoms with Crippen LogP contribution in [0.25, 0.3) is 0 Å². The lowest BCUT2D eigenvalue weighted by molar-refractivity contribution is -0.123. The molecule has 0 unspecified atom stereocenters. The van der Waals surface area contributed by atoms with Crippen molar-refractivity contribution in [3.05, 3.63) is 53.6 Å². The van der Waals surface area contributed by atoms with Gasteiger partial charge in [0.2, 0.25) is 0 Å². The SMILES string of the molecule is Cc1ccc(OCC(=O)NCc2ccc3c(c2)OCCCO3)cc1. The highest BCUT2D eigenvalue weighted by Gasteiger charge is 2.11. The second-order valence-corrected chi connectivity index (χ2v) is 5.71. The average molecular weight is 327 g/mol. The van der Waals surface area contributed by atoms with Gasteiger partial charge in [-0.1, -0.05) is 23.8 Å². The number of carbonyl (C=O) groups is 1. The van der Waals surface area contributed by atoms with Crippen molar-refractivity contribution in [2.75, 3.05) is 19.8 Å². The Hall–Kier alpha value is -2.69. The van der Waals surface area contributed by atoms with Crippen LogP contribution in [-0.2, 0) is 11.3 Å². The summed E-state index contributed by atoms with van der Waals surface area (Å²) in [4.78, 5) is 11.9. The summed E-state index contributed by atoms with van der Waals surface area (Å²) in [5.41, 5.74) is 2.11. The van der Waals surface area contributed by atoms with Gasteiger partial charge in [-0.25, -0.2) is 0 Å². The number of amides is 1. The van der Waals surface area contributed by atoms with E-state index in [1.54, 1.807) is 0 Å². The molecule has 2 aromatic carbocycles. The van der Waals surface area contributed by atoms with E-state index in [1.807, 2.05) is 49.4 Å². The van der Waals surface area contributed by atoms with Gasteiger partial charge in [0.1, 0.15) is 5.75 Å². The lowest BCUT2D eigenvalue weighted by Crippen LogP contribution is -2.28. The Kier molecular flexibility index (Phi) is 5.21. The Morgan fingerprint density at radius 2 is 1.83 bits per heavy atom. The molecule has 0 aromatic heterocycles. The van der Waals surface area contributed by atoms with E-state index in [1.165, 1.54) is 0 Å². The molecule has 126 valence electrons. The first-order valence-electron chi connectivity index (χ1n) is 8.05. The number of rotatable bonds is 5. The maximum absolute atomic E-state index is 11.9. The van der Waals surface area contributed by atoms with Gasteiger partial charge in [0.25, 0.3) is 5.91 Å². The van der Waals surface area contributed by atoms with Gasteiger partial charge in [0, 0.05) is 13.0 Å². The Labute approximate surface area is 141 Å². The summed E-state index contributed by atoms with van der Waals surface area (Å²) in [5, 5.41) is 2.84. The maximum atomic E-state index is 11.9. The van der Waals surface area contributed by atoms with E-state index in [-0.39, 0.29) is 12.5 Å². The summed E-state index contributed by atoms with van der Waals surface area (Å²) in [7, 11) is 0. The van der Waals surface area contributed by atoms with Crippen LogP contribution >= 0.6 is 0 Å². The molecule has 0 spiro atoms. The number of carbonyl (C=O) groups excluding carboxylic acids is 1. The first-order chi connectivity index (χ1) is 11.7. The van der Waals surface area contributed by atoms with Crippen LogP contribution in [0.2, 0.25) is 0 Å². The number of ether oxygens (including phenoxy) is 3. The fourth-order valence-electron chi connectivity index (χ4n) is 2.35. The summed E-state index contributed by atoms with van der Waals surface area (Å²) in [6.07, 6.45) is 0.872. The first-order valence-corrected chi connectivity index (χ1v) is 8.05. The molecule has 1 aliphatic heterocycles. The van der Waals surface area contributed by atoms with Crippen molar-refractivity contribution in [2.45, 2.75) is 19.9 Å². The van der Waals surface area contributed by atoms with Crippen LogP contribution in [0.4, 0.5) is 0 Å². The molecular formula is C19H21NO4. The van der Waals surface area contributed by atoms with Gasteiger partial charge < -0.3 is 19.5 Å². The molecule has 5 heteroatoms. The molecule has 1 heterocycles. The normalized spacial score (nSPS) is 13.0. The summed E-state index contributed by atoms with van der Waals surface area (Å²) in [6.45, 7) is 3.73. The van der Waals surface area contributed by atoms with E-state index in [9.17, 15) is 4.79 Å². The van der Waals surface area contributed by atoms with Gasteiger partial charge in [-0.2, -0.15) is 0 Å². The zero-order chi connectivity index (χ0) is 16.8. The van der Waals surface area contributed by atoms with Crippen LogP contribution < -0.4 is 19.5 Å². The van der Waals surface area contributed by atoms with Gasteiger partial charge in [-0.3, -0.25) is 4.79 Å². The van der Waals surface area contributed by atoms with Gasteiger partial charge in [0.05, 0.1) is 13.2 Å². The molecule has 0 atom stereocenters. The van der Waals surface area contributed by atoms with Crippen molar-refractivity contribution < 1.29 is 19.0 Å². The van der Waals surface area contributed by atoms with E-state index < -0.39 is 0 Å². The molecule has 1 amide bonds. The molecular weight excluding hydrogens is 306 g/mol. The minimum Gasteiger partial charge on any atom is -0.490 e. The molecule has 0 aliphatic carbocycles. The highest BCUT2D eigenvalue weighted by Crippen LogP contribution is 2.30. The maximum Gasteiger partial charge on any atom is 0.258 e. The van der Waals surface area contributed by atoms with Crippen LogP contribution in [0.3, 0.4) is 0 Å². The molecule has 1 aliphatic rings. The second kappa shape index (κ2) is 7.73. The quantitative estimate of drug-likeness (QED) is 0.917. The van der Waals surface area contributed by atoms with Gasteiger partial charge in [-0.15, -0.1) is 0 Å². The Balaban J connectivity index is 1.49. The fraction of sp³-hybridized carbons (Fsp3) is 0.316. The predicted octanol–water partition coefficient (Wildman–Crippen LogP) is 2.85. The topological polar surface area (TPSA) is 56.8 Å². The van der Waals surface area contributed by atoms with Crippen molar-refractivity contribution in [3.8, 4) is 17.2 Å². The minimum absolute atomic E-state index is 0.00634. The van der Waals surface area contributed by atoms with E-state index in [2.05, 4.69) is 5.32 Å². The fourth-order valence-corrected chi connectivity index (χ4v) is 2.35. The van der Waals surface area contributed by atoms with E-state index >= 15 is 0 Å². The van der Waals surface area contributed by atoms with Crippen molar-refractivity contribution in [1.29, 1.82) is 0 Å². The molecule has 3 rings (SSSR count). The van der Waals surface area contributed by atoms with Gasteiger partial charge >= 0.3 is 0 Å². The largest absolute Gasteiger partial charge is 0.490 e.